The second kappa shape index (κ2) is 4.40. The molecule has 6 heteroatoms. The van der Waals surface area contributed by atoms with E-state index in [2.05, 4.69) is 10.1 Å². The zero-order valence-corrected chi connectivity index (χ0v) is 9.30. The van der Waals surface area contributed by atoms with E-state index in [0.29, 0.717) is 11.3 Å². The summed E-state index contributed by atoms with van der Waals surface area (Å²) in [6, 6.07) is 4.45. The van der Waals surface area contributed by atoms with E-state index < -0.39 is 10.9 Å². The molecule has 0 aromatic heterocycles. The lowest BCUT2D eigenvalue weighted by Gasteiger charge is -2.07. The molecule has 1 aliphatic carbocycles. The Labute approximate surface area is 97.7 Å². The molecule has 0 saturated heterocycles. The molecule has 0 atom stereocenters. The maximum Gasteiger partial charge on any atom is 0.337 e. The number of anilines is 1. The van der Waals surface area contributed by atoms with Crippen LogP contribution in [0.4, 0.5) is 11.4 Å². The molecule has 1 fully saturated rings. The first kappa shape index (κ1) is 11.4. The van der Waals surface area contributed by atoms with E-state index in [1.54, 1.807) is 0 Å². The third kappa shape index (κ3) is 2.52. The molecule has 0 unspecified atom stereocenters. The van der Waals surface area contributed by atoms with E-state index in [9.17, 15) is 14.9 Å². The van der Waals surface area contributed by atoms with Crippen molar-refractivity contribution in [2.75, 3.05) is 12.4 Å². The van der Waals surface area contributed by atoms with E-state index >= 15 is 0 Å². The number of nitrogens with one attached hydrogen (secondary N) is 1. The van der Waals surface area contributed by atoms with Crippen molar-refractivity contribution in [2.24, 2.45) is 0 Å². The van der Waals surface area contributed by atoms with Gasteiger partial charge in [-0.15, -0.1) is 0 Å². The van der Waals surface area contributed by atoms with Gasteiger partial charge in [-0.3, -0.25) is 10.1 Å². The van der Waals surface area contributed by atoms with Crippen molar-refractivity contribution >= 4 is 17.3 Å². The number of esters is 1. The average Bonchev–Trinajstić information content (AvgIpc) is 3.11. The van der Waals surface area contributed by atoms with E-state index in [4.69, 9.17) is 0 Å². The summed E-state index contributed by atoms with van der Waals surface area (Å²) in [5, 5.41) is 13.9. The Bertz CT molecular complexity index is 469. The number of ether oxygens (including phenoxy) is 1. The first-order valence-corrected chi connectivity index (χ1v) is 5.25. The van der Waals surface area contributed by atoms with Crippen molar-refractivity contribution in [3.63, 3.8) is 0 Å². The minimum atomic E-state index is -0.501. The van der Waals surface area contributed by atoms with Gasteiger partial charge in [0.2, 0.25) is 0 Å². The molecule has 0 heterocycles. The van der Waals surface area contributed by atoms with Gasteiger partial charge in [0, 0.05) is 12.1 Å². The van der Waals surface area contributed by atoms with Crippen LogP contribution in [0, 0.1) is 10.1 Å². The molecule has 1 aromatic rings. The third-order valence-corrected chi connectivity index (χ3v) is 2.55. The van der Waals surface area contributed by atoms with Crippen LogP contribution in [0.15, 0.2) is 18.2 Å². The van der Waals surface area contributed by atoms with E-state index in [0.717, 1.165) is 12.8 Å². The van der Waals surface area contributed by atoms with Crippen LogP contribution in [-0.2, 0) is 4.74 Å². The molecule has 1 saturated carbocycles. The molecule has 90 valence electrons. The second-order valence-corrected chi connectivity index (χ2v) is 3.90. The van der Waals surface area contributed by atoms with Gasteiger partial charge in [0.15, 0.2) is 0 Å². The second-order valence-electron chi connectivity index (χ2n) is 3.90. The highest BCUT2D eigenvalue weighted by Gasteiger charge is 2.25. The zero-order valence-electron chi connectivity index (χ0n) is 9.30. The van der Waals surface area contributed by atoms with Gasteiger partial charge in [-0.25, -0.2) is 4.79 Å². The molecule has 0 spiro atoms. The van der Waals surface area contributed by atoms with E-state index in [1.807, 2.05) is 0 Å². The molecule has 0 amide bonds. The summed E-state index contributed by atoms with van der Waals surface area (Å²) in [4.78, 5) is 21.7. The Kier molecular flexibility index (Phi) is 2.95. The van der Waals surface area contributed by atoms with E-state index in [1.165, 1.54) is 25.3 Å². The number of methoxy groups -OCH3 is 1. The number of nitrogens with zero attached hydrogens (tertiary/aromatic N) is 1. The van der Waals surface area contributed by atoms with Crippen LogP contribution >= 0.6 is 0 Å². The monoisotopic (exact) mass is 236 g/mol. The summed E-state index contributed by atoms with van der Waals surface area (Å²) >= 11 is 0. The number of nitro groups is 1. The van der Waals surface area contributed by atoms with E-state index in [-0.39, 0.29) is 11.7 Å². The molecular weight excluding hydrogens is 224 g/mol. The molecule has 0 radical (unpaired) electrons. The molecule has 1 aliphatic rings. The van der Waals surface area contributed by atoms with Crippen molar-refractivity contribution < 1.29 is 14.5 Å². The molecule has 1 aromatic carbocycles. The maximum absolute atomic E-state index is 11.3. The van der Waals surface area contributed by atoms with Gasteiger partial charge in [0.1, 0.15) is 5.69 Å². The normalized spacial score (nSPS) is 14.2. The Morgan fingerprint density at radius 3 is 2.76 bits per heavy atom. The smallest absolute Gasteiger partial charge is 0.337 e. The van der Waals surface area contributed by atoms with Gasteiger partial charge < -0.3 is 10.1 Å². The number of rotatable bonds is 4. The van der Waals surface area contributed by atoms with Crippen LogP contribution in [0.25, 0.3) is 0 Å². The fourth-order valence-corrected chi connectivity index (χ4v) is 1.50. The molecule has 1 N–H and O–H groups in total. The number of hydrogen-bond donors (Lipinski definition) is 1. The minimum absolute atomic E-state index is 0.0236. The Morgan fingerprint density at radius 1 is 1.53 bits per heavy atom. The number of benzene rings is 1. The van der Waals surface area contributed by atoms with Crippen LogP contribution in [0.1, 0.15) is 23.2 Å². The largest absolute Gasteiger partial charge is 0.465 e. The van der Waals surface area contributed by atoms with Crippen LogP contribution in [0.3, 0.4) is 0 Å². The summed E-state index contributed by atoms with van der Waals surface area (Å²) in [5.74, 6) is -0.501. The topological polar surface area (TPSA) is 81.5 Å². The number of carbonyl (C=O) groups is 1. The number of nitro benzene ring substituents is 1. The average molecular weight is 236 g/mol. The molecule has 0 bridgehead atoms. The SMILES string of the molecule is COC(=O)c1ccc([N+](=O)[O-])c(NC2CC2)c1. The summed E-state index contributed by atoms with van der Waals surface area (Å²) in [7, 11) is 1.28. The zero-order chi connectivity index (χ0) is 12.4. The van der Waals surface area contributed by atoms with Gasteiger partial charge in [0.05, 0.1) is 17.6 Å². The fourth-order valence-electron chi connectivity index (χ4n) is 1.50. The predicted molar refractivity (Wildman–Crippen MR) is 61.1 cm³/mol. The molecule has 17 heavy (non-hydrogen) atoms. The highest BCUT2D eigenvalue weighted by atomic mass is 16.6. The van der Waals surface area contributed by atoms with Gasteiger partial charge in [-0.2, -0.15) is 0 Å². The summed E-state index contributed by atoms with van der Waals surface area (Å²) in [5.41, 5.74) is 0.659. The maximum atomic E-state index is 11.3. The fraction of sp³-hybridized carbons (Fsp3) is 0.364. The quantitative estimate of drug-likeness (QED) is 0.491. The lowest BCUT2D eigenvalue weighted by atomic mass is 10.1. The molecule has 2 rings (SSSR count). The Morgan fingerprint density at radius 2 is 2.24 bits per heavy atom. The van der Waals surface area contributed by atoms with Crippen molar-refractivity contribution in [3.05, 3.63) is 33.9 Å². The highest BCUT2D eigenvalue weighted by Crippen LogP contribution is 2.31. The van der Waals surface area contributed by atoms with Gasteiger partial charge in [-0.05, 0) is 25.0 Å². The third-order valence-electron chi connectivity index (χ3n) is 2.55. The minimum Gasteiger partial charge on any atom is -0.465 e. The first-order chi connectivity index (χ1) is 8.11. The molecular formula is C11H12N2O4. The van der Waals surface area contributed by atoms with Crippen LogP contribution in [-0.4, -0.2) is 24.0 Å². The number of carbonyl (C=O) groups excluding carboxylic acids is 1. The predicted octanol–water partition coefficient (Wildman–Crippen LogP) is 1.96. The Hall–Kier alpha value is -2.11. The van der Waals surface area contributed by atoms with Crippen LogP contribution < -0.4 is 5.32 Å². The summed E-state index contributed by atoms with van der Waals surface area (Å²) in [6.45, 7) is 0. The van der Waals surface area contributed by atoms with Crippen molar-refractivity contribution in [3.8, 4) is 0 Å². The summed E-state index contributed by atoms with van der Waals surface area (Å²) < 4.78 is 4.58. The van der Waals surface area contributed by atoms with Gasteiger partial charge in [-0.1, -0.05) is 0 Å². The van der Waals surface area contributed by atoms with Gasteiger partial charge in [0.25, 0.3) is 5.69 Å². The van der Waals surface area contributed by atoms with Crippen molar-refractivity contribution in [1.82, 2.24) is 0 Å². The number of hydrogen-bond acceptors (Lipinski definition) is 5. The lowest BCUT2D eigenvalue weighted by molar-refractivity contribution is -0.384. The van der Waals surface area contributed by atoms with Gasteiger partial charge >= 0.3 is 5.97 Å². The Balaban J connectivity index is 2.34. The van der Waals surface area contributed by atoms with Crippen LogP contribution in [0.2, 0.25) is 0 Å². The highest BCUT2D eigenvalue weighted by molar-refractivity contribution is 5.91. The molecule has 0 aliphatic heterocycles. The molecule has 6 nitrogen and oxygen atoms in total. The standard InChI is InChI=1S/C11H12N2O4/c1-17-11(14)7-2-5-10(13(15)16)9(6-7)12-8-3-4-8/h2,5-6,8,12H,3-4H2,1H3. The van der Waals surface area contributed by atoms with Crippen LogP contribution in [0.5, 0.6) is 0 Å². The van der Waals surface area contributed by atoms with Crippen molar-refractivity contribution in [2.45, 2.75) is 18.9 Å². The summed E-state index contributed by atoms with van der Waals surface area (Å²) in [6.07, 6.45) is 2.00. The lowest BCUT2D eigenvalue weighted by Crippen LogP contribution is -2.07. The first-order valence-electron chi connectivity index (χ1n) is 5.25. The van der Waals surface area contributed by atoms with Crippen molar-refractivity contribution in [1.29, 1.82) is 0 Å².